The van der Waals surface area contributed by atoms with Gasteiger partial charge in [-0.2, -0.15) is 0 Å². The van der Waals surface area contributed by atoms with Gasteiger partial charge < -0.3 is 10.1 Å². The molecule has 0 radical (unpaired) electrons. The number of hydrogen-bond acceptors (Lipinski definition) is 4. The number of aryl methyl sites for hydroxylation is 1. The smallest absolute Gasteiger partial charge is 0.241 e. The summed E-state index contributed by atoms with van der Waals surface area (Å²) < 4.78 is 31.7. The summed E-state index contributed by atoms with van der Waals surface area (Å²) in [5.41, 5.74) is 2.14. The summed E-state index contributed by atoms with van der Waals surface area (Å²) in [7, 11) is -2.06. The standard InChI is InChI=1S/C19H23BrN2O4S/c1-13-11-15(9-10-17(13)20)22(27(4,24)25)12-19(23)21-14(2)16-7-5-6-8-18(16)26-3/h5-11,14H,12H2,1-4H3,(H,21,23)/t14-/m0/s1. The molecule has 1 atom stereocenters. The lowest BCUT2D eigenvalue weighted by Gasteiger charge is -2.24. The number of amides is 1. The van der Waals surface area contributed by atoms with Gasteiger partial charge in [0.15, 0.2) is 0 Å². The van der Waals surface area contributed by atoms with E-state index in [1.54, 1.807) is 25.3 Å². The van der Waals surface area contributed by atoms with Crippen LogP contribution in [0.25, 0.3) is 0 Å². The van der Waals surface area contributed by atoms with Gasteiger partial charge in [-0.05, 0) is 43.7 Å². The first-order valence-corrected chi connectivity index (χ1v) is 10.9. The molecule has 0 saturated heterocycles. The summed E-state index contributed by atoms with van der Waals surface area (Å²) in [4.78, 5) is 12.5. The first-order valence-electron chi connectivity index (χ1n) is 8.29. The van der Waals surface area contributed by atoms with Gasteiger partial charge in [0.1, 0.15) is 12.3 Å². The van der Waals surface area contributed by atoms with Crippen molar-refractivity contribution in [2.75, 3.05) is 24.2 Å². The van der Waals surface area contributed by atoms with Crippen molar-refractivity contribution in [1.82, 2.24) is 5.32 Å². The summed E-state index contributed by atoms with van der Waals surface area (Å²) >= 11 is 3.39. The number of benzene rings is 2. The molecular formula is C19H23BrN2O4S. The number of rotatable bonds is 7. The van der Waals surface area contributed by atoms with E-state index in [1.807, 2.05) is 38.1 Å². The number of nitrogens with one attached hydrogen (secondary N) is 1. The van der Waals surface area contributed by atoms with E-state index in [2.05, 4.69) is 21.2 Å². The maximum atomic E-state index is 12.5. The molecule has 0 aliphatic carbocycles. The van der Waals surface area contributed by atoms with E-state index in [-0.39, 0.29) is 12.6 Å². The minimum atomic E-state index is -3.62. The molecule has 2 rings (SSSR count). The van der Waals surface area contributed by atoms with Crippen LogP contribution in [0.2, 0.25) is 0 Å². The zero-order valence-electron chi connectivity index (χ0n) is 15.7. The molecule has 0 unspecified atom stereocenters. The predicted molar refractivity (Wildman–Crippen MR) is 111 cm³/mol. The summed E-state index contributed by atoms with van der Waals surface area (Å²) in [6, 6.07) is 12.2. The van der Waals surface area contributed by atoms with Gasteiger partial charge >= 0.3 is 0 Å². The molecule has 2 aromatic rings. The maximum absolute atomic E-state index is 12.5. The second-order valence-corrected chi connectivity index (χ2v) is 9.00. The fourth-order valence-corrected chi connectivity index (χ4v) is 3.80. The van der Waals surface area contributed by atoms with Crippen molar-refractivity contribution >= 4 is 37.5 Å². The summed E-state index contributed by atoms with van der Waals surface area (Å²) in [5, 5.41) is 2.83. The van der Waals surface area contributed by atoms with Crippen LogP contribution < -0.4 is 14.4 Å². The SMILES string of the molecule is COc1ccccc1[C@H](C)NC(=O)CN(c1ccc(Br)c(C)c1)S(C)(=O)=O. The van der Waals surface area contributed by atoms with Crippen LogP contribution >= 0.6 is 15.9 Å². The van der Waals surface area contributed by atoms with Crippen LogP contribution in [0, 0.1) is 6.92 Å². The third kappa shape index (κ3) is 5.46. The Morgan fingerprint density at radius 3 is 2.52 bits per heavy atom. The Morgan fingerprint density at radius 1 is 1.26 bits per heavy atom. The number of carbonyl (C=O) groups excluding carboxylic acids is 1. The minimum absolute atomic E-state index is 0.306. The Hall–Kier alpha value is -2.06. The Bertz CT molecular complexity index is 931. The Labute approximate surface area is 168 Å². The second-order valence-electron chi connectivity index (χ2n) is 6.23. The van der Waals surface area contributed by atoms with E-state index in [0.717, 1.165) is 26.2 Å². The van der Waals surface area contributed by atoms with Gasteiger partial charge in [-0.15, -0.1) is 0 Å². The average Bonchev–Trinajstić information content (AvgIpc) is 2.61. The highest BCUT2D eigenvalue weighted by molar-refractivity contribution is 9.10. The Balaban J connectivity index is 2.20. The minimum Gasteiger partial charge on any atom is -0.496 e. The van der Waals surface area contributed by atoms with Crippen LogP contribution in [0.5, 0.6) is 5.75 Å². The number of halogens is 1. The quantitative estimate of drug-likeness (QED) is 0.695. The van der Waals surface area contributed by atoms with E-state index in [0.29, 0.717) is 11.4 Å². The van der Waals surface area contributed by atoms with Gasteiger partial charge in [0.05, 0.1) is 25.1 Å². The van der Waals surface area contributed by atoms with E-state index in [1.165, 1.54) is 0 Å². The van der Waals surface area contributed by atoms with E-state index < -0.39 is 15.9 Å². The number of methoxy groups -OCH3 is 1. The number of para-hydroxylation sites is 1. The number of nitrogens with zero attached hydrogens (tertiary/aromatic N) is 1. The molecule has 0 spiro atoms. The van der Waals surface area contributed by atoms with Crippen molar-refractivity contribution in [1.29, 1.82) is 0 Å². The molecule has 0 heterocycles. The lowest BCUT2D eigenvalue weighted by molar-refractivity contribution is -0.120. The van der Waals surface area contributed by atoms with Crippen molar-refractivity contribution in [2.24, 2.45) is 0 Å². The topological polar surface area (TPSA) is 75.7 Å². The number of sulfonamides is 1. The number of carbonyl (C=O) groups is 1. The zero-order chi connectivity index (χ0) is 20.2. The van der Waals surface area contributed by atoms with E-state index >= 15 is 0 Å². The molecule has 8 heteroatoms. The number of ether oxygens (including phenoxy) is 1. The predicted octanol–water partition coefficient (Wildman–Crippen LogP) is 3.41. The second kappa shape index (κ2) is 8.75. The summed E-state index contributed by atoms with van der Waals surface area (Å²) in [6.45, 7) is 3.38. The molecule has 0 aliphatic rings. The van der Waals surface area contributed by atoms with Crippen LogP contribution in [-0.2, 0) is 14.8 Å². The van der Waals surface area contributed by atoms with Gasteiger partial charge in [-0.1, -0.05) is 34.1 Å². The van der Waals surface area contributed by atoms with Crippen molar-refractivity contribution in [3.05, 3.63) is 58.1 Å². The van der Waals surface area contributed by atoms with Crippen LogP contribution in [0.1, 0.15) is 24.1 Å². The molecule has 6 nitrogen and oxygen atoms in total. The van der Waals surface area contributed by atoms with E-state index in [4.69, 9.17) is 4.74 Å². The van der Waals surface area contributed by atoms with Gasteiger partial charge in [-0.3, -0.25) is 9.10 Å². The highest BCUT2D eigenvalue weighted by Gasteiger charge is 2.23. The monoisotopic (exact) mass is 454 g/mol. The first kappa shape index (κ1) is 21.2. The third-order valence-electron chi connectivity index (χ3n) is 4.10. The molecule has 2 aromatic carbocycles. The summed E-state index contributed by atoms with van der Waals surface area (Å²) in [5.74, 6) is 0.258. The molecule has 0 aliphatic heterocycles. The van der Waals surface area contributed by atoms with Gasteiger partial charge in [0.2, 0.25) is 15.9 Å². The van der Waals surface area contributed by atoms with Gasteiger partial charge in [-0.25, -0.2) is 8.42 Å². The molecular weight excluding hydrogens is 432 g/mol. The Morgan fingerprint density at radius 2 is 1.93 bits per heavy atom. The fourth-order valence-electron chi connectivity index (χ4n) is 2.70. The third-order valence-corrected chi connectivity index (χ3v) is 6.13. The highest BCUT2D eigenvalue weighted by Crippen LogP contribution is 2.26. The average molecular weight is 455 g/mol. The molecule has 27 heavy (non-hydrogen) atoms. The van der Waals surface area contributed by atoms with Crippen LogP contribution in [0.15, 0.2) is 46.9 Å². The van der Waals surface area contributed by atoms with Crippen molar-refractivity contribution in [2.45, 2.75) is 19.9 Å². The van der Waals surface area contributed by atoms with Crippen molar-refractivity contribution < 1.29 is 17.9 Å². The van der Waals surface area contributed by atoms with Crippen LogP contribution in [0.4, 0.5) is 5.69 Å². The Kier molecular flexibility index (Phi) is 6.89. The van der Waals surface area contributed by atoms with Crippen LogP contribution in [0.3, 0.4) is 0 Å². The normalized spacial score (nSPS) is 12.3. The van der Waals surface area contributed by atoms with Crippen molar-refractivity contribution in [3.8, 4) is 5.75 Å². The lowest BCUT2D eigenvalue weighted by Crippen LogP contribution is -2.41. The van der Waals surface area contributed by atoms with Gasteiger partial charge in [0, 0.05) is 10.0 Å². The zero-order valence-corrected chi connectivity index (χ0v) is 18.1. The number of anilines is 1. The van der Waals surface area contributed by atoms with Crippen LogP contribution in [-0.4, -0.2) is 34.2 Å². The van der Waals surface area contributed by atoms with E-state index in [9.17, 15) is 13.2 Å². The van der Waals surface area contributed by atoms with Gasteiger partial charge in [0.25, 0.3) is 0 Å². The lowest BCUT2D eigenvalue weighted by atomic mass is 10.1. The molecule has 0 fully saturated rings. The van der Waals surface area contributed by atoms with Crippen molar-refractivity contribution in [3.63, 3.8) is 0 Å². The molecule has 0 bridgehead atoms. The first-order chi connectivity index (χ1) is 12.6. The molecule has 0 saturated carbocycles. The fraction of sp³-hybridized carbons (Fsp3) is 0.316. The molecule has 1 N–H and O–H groups in total. The number of hydrogen-bond donors (Lipinski definition) is 1. The maximum Gasteiger partial charge on any atom is 0.241 e. The molecule has 146 valence electrons. The molecule has 1 amide bonds. The largest absolute Gasteiger partial charge is 0.496 e. The molecule has 0 aromatic heterocycles. The highest BCUT2D eigenvalue weighted by atomic mass is 79.9. The summed E-state index contributed by atoms with van der Waals surface area (Å²) in [6.07, 6.45) is 1.08.